The van der Waals surface area contributed by atoms with E-state index in [-0.39, 0.29) is 46.5 Å². The van der Waals surface area contributed by atoms with Crippen molar-refractivity contribution in [3.05, 3.63) is 90.0 Å². The molecule has 1 aliphatic heterocycles. The lowest BCUT2D eigenvalue weighted by Gasteiger charge is -2.21. The van der Waals surface area contributed by atoms with Crippen molar-refractivity contribution < 1.29 is 31.9 Å². The fourth-order valence-corrected chi connectivity index (χ4v) is 5.35. The van der Waals surface area contributed by atoms with E-state index in [4.69, 9.17) is 11.6 Å². The molecule has 0 radical (unpaired) electrons. The van der Waals surface area contributed by atoms with Crippen molar-refractivity contribution in [2.45, 2.75) is 18.2 Å². The summed E-state index contributed by atoms with van der Waals surface area (Å²) in [4.78, 5) is 44.9. The maximum atomic E-state index is 14.2. The van der Waals surface area contributed by atoms with Gasteiger partial charge in [-0.05, 0) is 42.8 Å². The van der Waals surface area contributed by atoms with Gasteiger partial charge < -0.3 is 15.0 Å². The normalized spacial score (nSPS) is 15.5. The summed E-state index contributed by atoms with van der Waals surface area (Å²) in [5.74, 6) is -1.29. The van der Waals surface area contributed by atoms with Crippen LogP contribution >= 0.6 is 11.6 Å². The minimum atomic E-state index is -3.88. The van der Waals surface area contributed by atoms with Crippen LogP contribution in [0.3, 0.4) is 0 Å². The van der Waals surface area contributed by atoms with E-state index in [0.29, 0.717) is 41.2 Å². The maximum absolute atomic E-state index is 14.2. The quantitative estimate of drug-likeness (QED) is 0.177. The van der Waals surface area contributed by atoms with Crippen molar-refractivity contribution in [3.63, 3.8) is 0 Å². The van der Waals surface area contributed by atoms with E-state index < -0.39 is 23.5 Å². The number of benzene rings is 1. The topological polar surface area (TPSA) is 128 Å². The van der Waals surface area contributed by atoms with E-state index in [1.54, 1.807) is 17.0 Å². The van der Waals surface area contributed by atoms with Gasteiger partial charge in [0, 0.05) is 59.1 Å². The molecule has 0 bridgehead atoms. The maximum Gasteiger partial charge on any atom is 0.487 e. The van der Waals surface area contributed by atoms with Crippen LogP contribution in [0.2, 0.25) is 0 Å². The van der Waals surface area contributed by atoms with Gasteiger partial charge in [0.1, 0.15) is 29.1 Å². The summed E-state index contributed by atoms with van der Waals surface area (Å²) in [5, 5.41) is 7.12. The molecule has 5 heterocycles. The third kappa shape index (κ3) is 5.60. The van der Waals surface area contributed by atoms with Gasteiger partial charge in [0.2, 0.25) is 5.78 Å². The number of ketones is 1. The first-order valence-corrected chi connectivity index (χ1v) is 14.1. The van der Waals surface area contributed by atoms with Crippen LogP contribution in [-0.2, 0) is 0 Å². The summed E-state index contributed by atoms with van der Waals surface area (Å²) < 4.78 is 59.0. The highest BCUT2D eigenvalue weighted by molar-refractivity contribution is 6.21. The zero-order valence-corrected chi connectivity index (χ0v) is 24.1. The molecule has 1 fully saturated rings. The molecule has 0 spiro atoms. The fourth-order valence-electron chi connectivity index (χ4n) is 5.27. The molecule has 1 N–H and O–H groups in total. The minimum absolute atomic E-state index is 0.0634. The van der Waals surface area contributed by atoms with Gasteiger partial charge in [0.25, 0.3) is 11.9 Å². The molecular formula is C30H19ClF4N8O3. The molecule has 1 saturated heterocycles. The minimum Gasteiger partial charge on any atom is -0.420 e. The van der Waals surface area contributed by atoms with Crippen LogP contribution < -0.4 is 15.0 Å². The number of halogens is 5. The summed E-state index contributed by atoms with van der Waals surface area (Å²) in [5.41, 5.74) is -1.38. The Kier molecular flexibility index (Phi) is 7.11. The van der Waals surface area contributed by atoms with Gasteiger partial charge in [-0.1, -0.05) is 0 Å². The van der Waals surface area contributed by atoms with Crippen molar-refractivity contribution in [2.24, 2.45) is 0 Å². The van der Waals surface area contributed by atoms with E-state index in [2.05, 4.69) is 35.1 Å². The van der Waals surface area contributed by atoms with Crippen molar-refractivity contribution in [3.8, 4) is 34.1 Å². The highest BCUT2D eigenvalue weighted by Gasteiger charge is 2.34. The van der Waals surface area contributed by atoms with Crippen molar-refractivity contribution in [1.82, 2.24) is 29.7 Å². The molecule has 0 saturated carbocycles. The summed E-state index contributed by atoms with van der Waals surface area (Å²) >= 11 is 4.80. The molecule has 232 valence electrons. The standard InChI is InChI=1S/C30H19ClF4N8O3/c31-30(34,35)46-20-3-1-19(2-4-20)40-28(45)16-8-21(27(37-10-16)42-6-5-17(32)13-42)15-7-22-24-23(26(44)25(22)36-9-15)14-43(41-24)29-38-11-18(33)12-39-29/h1-4,7-12,14,17H,5-6,13H2,(H,40,45)/t17-/m1/s1. The molecule has 1 aliphatic carbocycles. The number of anilines is 2. The molecule has 7 rings (SSSR count). The Hall–Kier alpha value is -5.44. The van der Waals surface area contributed by atoms with Crippen LogP contribution in [0.5, 0.6) is 5.75 Å². The van der Waals surface area contributed by atoms with E-state index in [9.17, 15) is 27.2 Å². The Morgan fingerprint density at radius 2 is 1.74 bits per heavy atom. The van der Waals surface area contributed by atoms with Crippen LogP contribution in [0.1, 0.15) is 32.8 Å². The van der Waals surface area contributed by atoms with E-state index in [1.165, 1.54) is 47.5 Å². The average molecular weight is 651 g/mol. The molecule has 0 unspecified atom stereocenters. The number of carbonyl (C=O) groups is 2. The third-order valence-corrected chi connectivity index (χ3v) is 7.42. The Morgan fingerprint density at radius 1 is 0.978 bits per heavy atom. The molecule has 1 atom stereocenters. The number of ether oxygens (including phenoxy) is 1. The number of nitrogens with one attached hydrogen (secondary N) is 1. The number of pyridine rings is 2. The average Bonchev–Trinajstić information content (AvgIpc) is 3.73. The Balaban J connectivity index is 1.23. The molecule has 1 amide bonds. The second kappa shape index (κ2) is 11.2. The number of hydrogen-bond acceptors (Lipinski definition) is 9. The van der Waals surface area contributed by atoms with Crippen LogP contribution in [0.4, 0.5) is 29.1 Å². The highest BCUT2D eigenvalue weighted by atomic mass is 35.5. The predicted molar refractivity (Wildman–Crippen MR) is 157 cm³/mol. The lowest BCUT2D eigenvalue weighted by molar-refractivity contribution is -0.0964. The van der Waals surface area contributed by atoms with Crippen molar-refractivity contribution in [1.29, 1.82) is 0 Å². The van der Waals surface area contributed by atoms with Gasteiger partial charge in [-0.2, -0.15) is 5.10 Å². The first-order valence-electron chi connectivity index (χ1n) is 13.7. The summed E-state index contributed by atoms with van der Waals surface area (Å²) in [6.07, 6.45) is 5.47. The van der Waals surface area contributed by atoms with E-state index >= 15 is 0 Å². The Labute approximate surface area is 261 Å². The summed E-state index contributed by atoms with van der Waals surface area (Å²) in [6, 6.07) is 8.41. The predicted octanol–water partition coefficient (Wildman–Crippen LogP) is 5.44. The number of amides is 1. The van der Waals surface area contributed by atoms with Crippen molar-refractivity contribution in [2.75, 3.05) is 23.3 Å². The molecule has 11 nitrogen and oxygen atoms in total. The molecule has 46 heavy (non-hydrogen) atoms. The Bertz CT molecular complexity index is 2000. The number of aromatic nitrogens is 6. The van der Waals surface area contributed by atoms with Crippen LogP contribution in [-0.4, -0.2) is 66.2 Å². The van der Waals surface area contributed by atoms with Gasteiger partial charge >= 0.3 is 5.57 Å². The number of alkyl halides is 4. The molecule has 1 aromatic carbocycles. The zero-order valence-electron chi connectivity index (χ0n) is 23.3. The first-order chi connectivity index (χ1) is 22.0. The van der Waals surface area contributed by atoms with E-state index in [0.717, 1.165) is 12.4 Å². The van der Waals surface area contributed by atoms with Crippen molar-refractivity contribution >= 4 is 34.8 Å². The molecule has 2 aliphatic rings. The Morgan fingerprint density at radius 3 is 2.43 bits per heavy atom. The third-order valence-electron chi connectivity index (χ3n) is 7.34. The lowest BCUT2D eigenvalue weighted by atomic mass is 10.0. The van der Waals surface area contributed by atoms with Gasteiger partial charge in [0.05, 0.1) is 30.1 Å². The molecule has 4 aromatic heterocycles. The van der Waals surface area contributed by atoms with Crippen LogP contribution in [0.15, 0.2) is 67.4 Å². The van der Waals surface area contributed by atoms with Gasteiger partial charge in [-0.3, -0.25) is 14.6 Å². The number of hydrogen-bond donors (Lipinski definition) is 1. The summed E-state index contributed by atoms with van der Waals surface area (Å²) in [7, 11) is 0. The second-order valence-electron chi connectivity index (χ2n) is 10.4. The molecule has 16 heteroatoms. The van der Waals surface area contributed by atoms with Gasteiger partial charge in [-0.25, -0.2) is 28.4 Å². The zero-order chi connectivity index (χ0) is 32.2. The van der Waals surface area contributed by atoms with Gasteiger partial charge in [-0.15, -0.1) is 8.78 Å². The first kappa shape index (κ1) is 29.3. The van der Waals surface area contributed by atoms with Crippen LogP contribution in [0.25, 0.3) is 28.3 Å². The number of rotatable bonds is 7. The number of carbonyl (C=O) groups excluding carboxylic acids is 2. The monoisotopic (exact) mass is 650 g/mol. The van der Waals surface area contributed by atoms with E-state index in [1.807, 2.05) is 0 Å². The van der Waals surface area contributed by atoms with Crippen LogP contribution in [0, 0.1) is 5.82 Å². The lowest BCUT2D eigenvalue weighted by Crippen LogP contribution is -2.22. The number of fused-ring (bicyclic) bond motifs is 3. The van der Waals surface area contributed by atoms with Gasteiger partial charge in [0.15, 0.2) is 5.82 Å². The summed E-state index contributed by atoms with van der Waals surface area (Å²) in [6.45, 7) is 0.496. The number of nitrogens with zero attached hydrogens (tertiary/aromatic N) is 7. The largest absolute Gasteiger partial charge is 0.487 e. The SMILES string of the molecule is O=C(Nc1ccc(OC(F)(F)Cl)cc1)c1cnc(N2CC[C@@H](F)C2)c(-c2cnc3c(c2)-c2nn(-c4ncc(F)cn4)cc2C3=O)c1. The smallest absolute Gasteiger partial charge is 0.420 e. The highest BCUT2D eigenvalue weighted by Crippen LogP contribution is 2.39. The fraction of sp³-hybridized carbons (Fsp3) is 0.167. The second-order valence-corrected chi connectivity index (χ2v) is 10.9. The molecule has 5 aromatic rings. The molecular weight excluding hydrogens is 632 g/mol.